The first-order valence-electron chi connectivity index (χ1n) is 6.89. The van der Waals surface area contributed by atoms with Gasteiger partial charge in [-0.25, -0.2) is 8.78 Å². The van der Waals surface area contributed by atoms with Crippen LogP contribution in [0.2, 0.25) is 0 Å². The van der Waals surface area contributed by atoms with Crippen LogP contribution in [0.4, 0.5) is 14.5 Å². The summed E-state index contributed by atoms with van der Waals surface area (Å²) in [6.07, 6.45) is 0.534. The predicted molar refractivity (Wildman–Crippen MR) is 82.6 cm³/mol. The minimum atomic E-state index is -0.539. The van der Waals surface area contributed by atoms with E-state index in [9.17, 15) is 8.78 Å². The van der Waals surface area contributed by atoms with Crippen LogP contribution in [0.1, 0.15) is 17.2 Å². The highest BCUT2D eigenvalue weighted by Crippen LogP contribution is 2.22. The van der Waals surface area contributed by atoms with E-state index < -0.39 is 11.6 Å². The molecule has 0 fully saturated rings. The van der Waals surface area contributed by atoms with Gasteiger partial charge in [-0.1, -0.05) is 12.1 Å². The number of nitrogens with zero attached hydrogens (tertiary/aromatic N) is 1. The van der Waals surface area contributed by atoms with Crippen LogP contribution in [0.15, 0.2) is 42.5 Å². The van der Waals surface area contributed by atoms with E-state index in [1.165, 1.54) is 12.1 Å². The molecule has 4 heteroatoms. The van der Waals surface area contributed by atoms with Gasteiger partial charge in [0, 0.05) is 31.9 Å². The number of anilines is 1. The van der Waals surface area contributed by atoms with Gasteiger partial charge in [-0.05, 0) is 48.9 Å². The molecular formula is C17H20F2N2. The molecule has 2 aromatic rings. The van der Waals surface area contributed by atoms with Crippen LogP contribution in [0, 0.1) is 11.6 Å². The highest BCUT2D eigenvalue weighted by atomic mass is 19.1. The van der Waals surface area contributed by atoms with Gasteiger partial charge in [0.25, 0.3) is 0 Å². The van der Waals surface area contributed by atoms with Crippen molar-refractivity contribution in [3.63, 3.8) is 0 Å². The lowest BCUT2D eigenvalue weighted by molar-refractivity contribution is 0.562. The van der Waals surface area contributed by atoms with E-state index >= 15 is 0 Å². The van der Waals surface area contributed by atoms with Crippen LogP contribution in [0.5, 0.6) is 0 Å². The Morgan fingerprint density at radius 3 is 2.05 bits per heavy atom. The lowest BCUT2D eigenvalue weighted by Crippen LogP contribution is -2.19. The summed E-state index contributed by atoms with van der Waals surface area (Å²) >= 11 is 0. The fraction of sp³-hybridized carbons (Fsp3) is 0.294. The molecule has 0 bridgehead atoms. The van der Waals surface area contributed by atoms with Gasteiger partial charge in [-0.3, -0.25) is 0 Å². The largest absolute Gasteiger partial charge is 0.378 e. The molecule has 0 aliphatic heterocycles. The molecular weight excluding hydrogens is 270 g/mol. The molecule has 1 unspecified atom stereocenters. The summed E-state index contributed by atoms with van der Waals surface area (Å²) < 4.78 is 26.5. The number of benzene rings is 2. The van der Waals surface area contributed by atoms with E-state index in [-0.39, 0.29) is 6.04 Å². The summed E-state index contributed by atoms with van der Waals surface area (Å²) in [6.45, 7) is 0. The Balaban J connectivity index is 2.19. The summed E-state index contributed by atoms with van der Waals surface area (Å²) in [5.41, 5.74) is 2.85. The van der Waals surface area contributed by atoms with Gasteiger partial charge in [0.1, 0.15) is 11.6 Å². The minimum Gasteiger partial charge on any atom is -0.378 e. The van der Waals surface area contributed by atoms with E-state index in [0.29, 0.717) is 12.0 Å². The quantitative estimate of drug-likeness (QED) is 0.906. The van der Waals surface area contributed by atoms with Crippen LogP contribution in [-0.2, 0) is 6.42 Å². The van der Waals surface area contributed by atoms with Crippen molar-refractivity contribution >= 4 is 5.69 Å². The Kier molecular flexibility index (Phi) is 4.91. The second kappa shape index (κ2) is 6.68. The number of halogens is 2. The monoisotopic (exact) mass is 290 g/mol. The normalized spacial score (nSPS) is 12.2. The Hall–Kier alpha value is -1.94. The first kappa shape index (κ1) is 15.4. The van der Waals surface area contributed by atoms with Crippen molar-refractivity contribution in [2.24, 2.45) is 0 Å². The molecule has 0 aliphatic rings. The zero-order valence-corrected chi connectivity index (χ0v) is 12.5. The lowest BCUT2D eigenvalue weighted by atomic mass is 9.98. The lowest BCUT2D eigenvalue weighted by Gasteiger charge is -2.19. The van der Waals surface area contributed by atoms with Crippen molar-refractivity contribution in [1.82, 2.24) is 5.32 Å². The van der Waals surface area contributed by atoms with Crippen LogP contribution in [0.25, 0.3) is 0 Å². The zero-order chi connectivity index (χ0) is 15.4. The fourth-order valence-electron chi connectivity index (χ4n) is 2.36. The molecule has 0 saturated heterocycles. The van der Waals surface area contributed by atoms with Crippen molar-refractivity contribution < 1.29 is 8.78 Å². The molecule has 0 amide bonds. The number of likely N-dealkylation sites (N-methyl/N-ethyl adjacent to an activating group) is 1. The average molecular weight is 290 g/mol. The number of nitrogens with one attached hydrogen (secondary N) is 1. The van der Waals surface area contributed by atoms with Crippen LogP contribution in [0.3, 0.4) is 0 Å². The number of rotatable bonds is 5. The average Bonchev–Trinajstić information content (AvgIpc) is 2.44. The van der Waals surface area contributed by atoms with Gasteiger partial charge in [0.2, 0.25) is 0 Å². The first-order chi connectivity index (χ1) is 9.99. The van der Waals surface area contributed by atoms with Crippen molar-refractivity contribution in [3.05, 3.63) is 65.2 Å². The smallest absolute Gasteiger partial charge is 0.126 e. The summed E-state index contributed by atoms with van der Waals surface area (Å²) in [4.78, 5) is 2.03. The van der Waals surface area contributed by atoms with Gasteiger partial charge < -0.3 is 10.2 Å². The summed E-state index contributed by atoms with van der Waals surface area (Å²) in [7, 11) is 5.82. The molecule has 2 aromatic carbocycles. The summed E-state index contributed by atoms with van der Waals surface area (Å²) in [5, 5.41) is 3.20. The molecule has 1 atom stereocenters. The summed E-state index contributed by atoms with van der Waals surface area (Å²) in [5.74, 6) is -1.08. The number of hydrogen-bond donors (Lipinski definition) is 1. The van der Waals surface area contributed by atoms with Gasteiger partial charge >= 0.3 is 0 Å². The fourth-order valence-corrected chi connectivity index (χ4v) is 2.36. The number of hydrogen-bond acceptors (Lipinski definition) is 2. The standard InChI is InChI=1S/C17H20F2N2/c1-20-17(10-12-8-14(18)11-15(19)9-12)13-4-6-16(7-5-13)21(2)3/h4-9,11,17,20H,10H2,1-3H3. The van der Waals surface area contributed by atoms with Crippen LogP contribution in [-0.4, -0.2) is 21.1 Å². The Labute approximate surface area is 124 Å². The van der Waals surface area contributed by atoms with Crippen molar-refractivity contribution in [2.45, 2.75) is 12.5 Å². The van der Waals surface area contributed by atoms with Crippen molar-refractivity contribution in [2.75, 3.05) is 26.0 Å². The van der Waals surface area contributed by atoms with E-state index in [2.05, 4.69) is 5.32 Å². The van der Waals surface area contributed by atoms with Crippen LogP contribution >= 0.6 is 0 Å². The molecule has 0 spiro atoms. The second-order valence-electron chi connectivity index (χ2n) is 5.31. The third-order valence-electron chi connectivity index (χ3n) is 3.52. The highest BCUT2D eigenvalue weighted by Gasteiger charge is 2.12. The second-order valence-corrected chi connectivity index (χ2v) is 5.31. The molecule has 0 heterocycles. The third kappa shape index (κ3) is 4.02. The maximum atomic E-state index is 13.3. The molecule has 0 saturated carbocycles. The van der Waals surface area contributed by atoms with Gasteiger partial charge in [-0.2, -0.15) is 0 Å². The zero-order valence-electron chi connectivity index (χ0n) is 12.5. The molecule has 0 aromatic heterocycles. The molecule has 0 radical (unpaired) electrons. The maximum absolute atomic E-state index is 13.3. The Morgan fingerprint density at radius 1 is 1.00 bits per heavy atom. The predicted octanol–water partition coefficient (Wildman–Crippen LogP) is 3.53. The topological polar surface area (TPSA) is 15.3 Å². The van der Waals surface area contributed by atoms with E-state index in [1.54, 1.807) is 0 Å². The molecule has 1 N–H and O–H groups in total. The Morgan fingerprint density at radius 2 is 1.57 bits per heavy atom. The van der Waals surface area contributed by atoms with Gasteiger partial charge in [0.05, 0.1) is 0 Å². The maximum Gasteiger partial charge on any atom is 0.126 e. The summed E-state index contributed by atoms with van der Waals surface area (Å²) in [6, 6.07) is 11.8. The van der Waals surface area contributed by atoms with Crippen LogP contribution < -0.4 is 10.2 Å². The van der Waals surface area contributed by atoms with Crippen molar-refractivity contribution in [1.29, 1.82) is 0 Å². The molecule has 112 valence electrons. The van der Waals surface area contributed by atoms with E-state index in [4.69, 9.17) is 0 Å². The SMILES string of the molecule is CNC(Cc1cc(F)cc(F)c1)c1ccc(N(C)C)cc1. The van der Waals surface area contributed by atoms with Gasteiger partial charge in [0.15, 0.2) is 0 Å². The first-order valence-corrected chi connectivity index (χ1v) is 6.89. The van der Waals surface area contributed by atoms with Crippen molar-refractivity contribution in [3.8, 4) is 0 Å². The molecule has 2 rings (SSSR count). The molecule has 0 aliphatic carbocycles. The highest BCUT2D eigenvalue weighted by molar-refractivity contribution is 5.46. The molecule has 2 nitrogen and oxygen atoms in total. The third-order valence-corrected chi connectivity index (χ3v) is 3.52. The van der Waals surface area contributed by atoms with E-state index in [0.717, 1.165) is 17.3 Å². The van der Waals surface area contributed by atoms with E-state index in [1.807, 2.05) is 50.3 Å². The van der Waals surface area contributed by atoms with Gasteiger partial charge in [-0.15, -0.1) is 0 Å². The Bertz CT molecular complexity index is 574. The molecule has 21 heavy (non-hydrogen) atoms. The minimum absolute atomic E-state index is 0.0161.